The first kappa shape index (κ1) is 11.4. The lowest BCUT2D eigenvalue weighted by Gasteiger charge is -2.35. The number of esters is 1. The Hall–Kier alpha value is -1.06. The van der Waals surface area contributed by atoms with Crippen molar-refractivity contribution in [3.05, 3.63) is 0 Å². The predicted molar refractivity (Wildman–Crippen MR) is 58.6 cm³/mol. The topological polar surface area (TPSA) is 46.6 Å². The number of methoxy groups -OCH3 is 1. The zero-order chi connectivity index (χ0) is 11.7. The van der Waals surface area contributed by atoms with Gasteiger partial charge >= 0.3 is 5.97 Å². The maximum atomic E-state index is 11.9. The van der Waals surface area contributed by atoms with E-state index in [0.717, 1.165) is 19.3 Å². The minimum absolute atomic E-state index is 0.0340. The van der Waals surface area contributed by atoms with Gasteiger partial charge in [-0.05, 0) is 25.2 Å². The van der Waals surface area contributed by atoms with E-state index in [-0.39, 0.29) is 29.6 Å². The van der Waals surface area contributed by atoms with Gasteiger partial charge in [0, 0.05) is 19.0 Å². The van der Waals surface area contributed by atoms with Crippen LogP contribution in [0.5, 0.6) is 0 Å². The van der Waals surface area contributed by atoms with Crippen LogP contribution in [0.15, 0.2) is 0 Å². The highest BCUT2D eigenvalue weighted by Crippen LogP contribution is 2.33. The lowest BCUT2D eigenvalue weighted by Crippen LogP contribution is -2.45. The number of nitrogens with zero attached hydrogens (tertiary/aromatic N) is 1. The zero-order valence-corrected chi connectivity index (χ0v) is 9.94. The van der Waals surface area contributed by atoms with Gasteiger partial charge < -0.3 is 9.64 Å². The number of hydrogen-bond donors (Lipinski definition) is 0. The molecule has 0 spiro atoms. The van der Waals surface area contributed by atoms with Gasteiger partial charge in [0.05, 0.1) is 13.0 Å². The molecular formula is C12H19NO3. The molecule has 0 aromatic heterocycles. The molecule has 4 nitrogen and oxygen atoms in total. The standard InChI is InChI=1S/C12H19NO3/c1-8-7-13(11(14)9-3-4-9)6-5-10(8)12(15)16-2/h8-10H,3-7H2,1-2H3. The van der Waals surface area contributed by atoms with Crippen molar-refractivity contribution >= 4 is 11.9 Å². The molecule has 2 fully saturated rings. The van der Waals surface area contributed by atoms with E-state index in [2.05, 4.69) is 0 Å². The largest absolute Gasteiger partial charge is 0.469 e. The van der Waals surface area contributed by atoms with Crippen molar-refractivity contribution in [3.8, 4) is 0 Å². The van der Waals surface area contributed by atoms with Crippen molar-refractivity contribution in [2.45, 2.75) is 26.2 Å². The SMILES string of the molecule is COC(=O)C1CCN(C(=O)C2CC2)CC1C. The van der Waals surface area contributed by atoms with Gasteiger partial charge in [0.25, 0.3) is 0 Å². The first-order chi connectivity index (χ1) is 7.63. The lowest BCUT2D eigenvalue weighted by atomic mass is 9.87. The minimum atomic E-state index is -0.133. The molecule has 1 aliphatic carbocycles. The molecule has 2 aliphatic rings. The summed E-state index contributed by atoms with van der Waals surface area (Å²) >= 11 is 0. The van der Waals surface area contributed by atoms with Crippen molar-refractivity contribution in [2.24, 2.45) is 17.8 Å². The average Bonchev–Trinajstić information content (AvgIpc) is 3.10. The molecule has 4 heteroatoms. The van der Waals surface area contributed by atoms with Gasteiger partial charge in [-0.15, -0.1) is 0 Å². The zero-order valence-electron chi connectivity index (χ0n) is 9.94. The molecular weight excluding hydrogens is 206 g/mol. The van der Waals surface area contributed by atoms with Crippen LogP contribution in [0.4, 0.5) is 0 Å². The third-order valence-corrected chi connectivity index (χ3v) is 3.65. The highest BCUT2D eigenvalue weighted by Gasteiger charge is 2.38. The van der Waals surface area contributed by atoms with Crippen LogP contribution < -0.4 is 0 Å². The van der Waals surface area contributed by atoms with Gasteiger partial charge in [0.2, 0.25) is 5.91 Å². The van der Waals surface area contributed by atoms with Gasteiger partial charge in [-0.1, -0.05) is 6.92 Å². The summed E-state index contributed by atoms with van der Waals surface area (Å²) in [6.45, 7) is 3.43. The molecule has 0 aromatic rings. The Labute approximate surface area is 95.9 Å². The van der Waals surface area contributed by atoms with E-state index >= 15 is 0 Å². The summed E-state index contributed by atoms with van der Waals surface area (Å²) in [5.41, 5.74) is 0. The monoisotopic (exact) mass is 225 g/mol. The van der Waals surface area contributed by atoms with Crippen molar-refractivity contribution in [1.29, 1.82) is 0 Å². The van der Waals surface area contributed by atoms with Crippen LogP contribution in [-0.4, -0.2) is 37.0 Å². The molecule has 1 heterocycles. The Morgan fingerprint density at radius 1 is 1.25 bits per heavy atom. The predicted octanol–water partition coefficient (Wildman–Crippen LogP) is 1.05. The van der Waals surface area contributed by atoms with E-state index < -0.39 is 0 Å². The molecule has 1 saturated heterocycles. The fourth-order valence-corrected chi connectivity index (χ4v) is 2.44. The number of hydrogen-bond acceptors (Lipinski definition) is 3. The quantitative estimate of drug-likeness (QED) is 0.660. The Morgan fingerprint density at radius 2 is 1.94 bits per heavy atom. The molecule has 0 aromatic carbocycles. The second-order valence-electron chi connectivity index (χ2n) is 4.95. The summed E-state index contributed by atoms with van der Waals surface area (Å²) in [5.74, 6) is 0.611. The van der Waals surface area contributed by atoms with E-state index in [0.29, 0.717) is 13.1 Å². The molecule has 0 radical (unpaired) electrons. The number of likely N-dealkylation sites (tertiary alicyclic amines) is 1. The molecule has 16 heavy (non-hydrogen) atoms. The molecule has 0 bridgehead atoms. The molecule has 0 N–H and O–H groups in total. The fourth-order valence-electron chi connectivity index (χ4n) is 2.44. The van der Waals surface area contributed by atoms with Crippen molar-refractivity contribution in [3.63, 3.8) is 0 Å². The fraction of sp³-hybridized carbons (Fsp3) is 0.833. The smallest absolute Gasteiger partial charge is 0.309 e. The van der Waals surface area contributed by atoms with Crippen LogP contribution in [0.2, 0.25) is 0 Å². The summed E-state index contributed by atoms with van der Waals surface area (Å²) in [4.78, 5) is 25.3. The lowest BCUT2D eigenvalue weighted by molar-refractivity contribution is -0.151. The van der Waals surface area contributed by atoms with Crippen molar-refractivity contribution in [1.82, 2.24) is 4.90 Å². The Bertz CT molecular complexity index is 299. The molecule has 1 saturated carbocycles. The average molecular weight is 225 g/mol. The first-order valence-electron chi connectivity index (χ1n) is 6.00. The summed E-state index contributed by atoms with van der Waals surface area (Å²) in [5, 5.41) is 0. The van der Waals surface area contributed by atoms with Gasteiger partial charge in [0.15, 0.2) is 0 Å². The summed E-state index contributed by atoms with van der Waals surface area (Å²) < 4.78 is 4.77. The number of piperidine rings is 1. The summed E-state index contributed by atoms with van der Waals surface area (Å²) in [6, 6.07) is 0. The Kier molecular flexibility index (Phi) is 3.17. The summed E-state index contributed by atoms with van der Waals surface area (Å²) in [7, 11) is 1.43. The number of carbonyl (C=O) groups excluding carboxylic acids is 2. The molecule has 2 unspecified atom stereocenters. The number of amides is 1. The van der Waals surface area contributed by atoms with Crippen LogP contribution in [0.3, 0.4) is 0 Å². The number of ether oxygens (including phenoxy) is 1. The Morgan fingerprint density at radius 3 is 2.44 bits per heavy atom. The van der Waals surface area contributed by atoms with Crippen molar-refractivity contribution < 1.29 is 14.3 Å². The highest BCUT2D eigenvalue weighted by molar-refractivity contribution is 5.81. The molecule has 2 rings (SSSR count). The van der Waals surface area contributed by atoms with Crippen LogP contribution in [0, 0.1) is 17.8 Å². The maximum absolute atomic E-state index is 11.9. The van der Waals surface area contributed by atoms with Crippen LogP contribution >= 0.6 is 0 Å². The molecule has 90 valence electrons. The number of rotatable bonds is 2. The van der Waals surface area contributed by atoms with E-state index in [9.17, 15) is 9.59 Å². The second kappa shape index (κ2) is 4.44. The second-order valence-corrected chi connectivity index (χ2v) is 4.95. The summed E-state index contributed by atoms with van der Waals surface area (Å²) in [6.07, 6.45) is 2.83. The van der Waals surface area contributed by atoms with Gasteiger partial charge in [-0.2, -0.15) is 0 Å². The minimum Gasteiger partial charge on any atom is -0.469 e. The first-order valence-corrected chi connectivity index (χ1v) is 6.00. The molecule has 2 atom stereocenters. The highest BCUT2D eigenvalue weighted by atomic mass is 16.5. The number of carbonyl (C=O) groups is 2. The maximum Gasteiger partial charge on any atom is 0.309 e. The third-order valence-electron chi connectivity index (χ3n) is 3.65. The van der Waals surface area contributed by atoms with E-state index in [1.807, 2.05) is 11.8 Å². The van der Waals surface area contributed by atoms with E-state index in [1.54, 1.807) is 0 Å². The Balaban J connectivity index is 1.91. The molecule has 1 amide bonds. The van der Waals surface area contributed by atoms with Crippen LogP contribution in [0.1, 0.15) is 26.2 Å². The van der Waals surface area contributed by atoms with E-state index in [1.165, 1.54) is 7.11 Å². The molecule has 1 aliphatic heterocycles. The van der Waals surface area contributed by atoms with Crippen molar-refractivity contribution in [2.75, 3.05) is 20.2 Å². The third kappa shape index (κ3) is 2.20. The van der Waals surface area contributed by atoms with Crippen LogP contribution in [-0.2, 0) is 14.3 Å². The van der Waals surface area contributed by atoms with Crippen LogP contribution in [0.25, 0.3) is 0 Å². The van der Waals surface area contributed by atoms with E-state index in [4.69, 9.17) is 4.74 Å². The van der Waals surface area contributed by atoms with Gasteiger partial charge in [0.1, 0.15) is 0 Å². The van der Waals surface area contributed by atoms with Gasteiger partial charge in [-0.3, -0.25) is 9.59 Å². The van der Waals surface area contributed by atoms with Gasteiger partial charge in [-0.25, -0.2) is 0 Å². The normalized spacial score (nSPS) is 30.0.